The van der Waals surface area contributed by atoms with Gasteiger partial charge in [0.05, 0.1) is 11.6 Å². The number of hydrogen-bond donors (Lipinski definition) is 2. The Hall–Kier alpha value is -5.39. The third-order valence-corrected chi connectivity index (χ3v) is 8.45. The molecule has 230 valence electrons. The first kappa shape index (κ1) is 29.7. The van der Waals surface area contributed by atoms with Crippen molar-refractivity contribution in [1.29, 1.82) is 0 Å². The molecular weight excluding hydrogens is 574 g/mol. The Morgan fingerprint density at radius 3 is 2.73 bits per heavy atom. The molecule has 0 bridgehead atoms. The second-order valence-electron chi connectivity index (χ2n) is 11.2. The predicted molar refractivity (Wildman–Crippen MR) is 163 cm³/mol. The molecule has 0 saturated heterocycles. The number of hydrogen-bond acceptors (Lipinski definition) is 8. The molecule has 2 aliphatic rings. The van der Waals surface area contributed by atoms with E-state index < -0.39 is 17.8 Å². The molecule has 1 atom stereocenters. The first-order chi connectivity index (χ1) is 21.7. The minimum Gasteiger partial charge on any atom is -0.458 e. The van der Waals surface area contributed by atoms with Crippen molar-refractivity contribution in [1.82, 2.24) is 35.1 Å². The molecule has 3 heterocycles. The monoisotopic (exact) mass is 607 g/mol. The molecule has 2 aromatic carbocycles. The Morgan fingerprint density at radius 1 is 1.09 bits per heavy atom. The lowest BCUT2D eigenvalue weighted by Gasteiger charge is -2.28. The van der Waals surface area contributed by atoms with E-state index in [1.54, 1.807) is 17.9 Å². The van der Waals surface area contributed by atoms with Crippen molar-refractivity contribution in [2.24, 2.45) is 0 Å². The van der Waals surface area contributed by atoms with Crippen LogP contribution < -0.4 is 10.6 Å². The zero-order valence-electron chi connectivity index (χ0n) is 25.1. The summed E-state index contributed by atoms with van der Waals surface area (Å²) in [4.78, 5) is 61.4. The van der Waals surface area contributed by atoms with Crippen LogP contribution in [0.3, 0.4) is 0 Å². The van der Waals surface area contributed by atoms with Crippen molar-refractivity contribution < 1.29 is 23.9 Å². The van der Waals surface area contributed by atoms with Crippen LogP contribution in [0, 0.1) is 6.92 Å². The van der Waals surface area contributed by atoms with Gasteiger partial charge < -0.3 is 20.3 Å². The number of fused-ring (bicyclic) bond motifs is 3. The molecule has 45 heavy (non-hydrogen) atoms. The highest BCUT2D eigenvalue weighted by atomic mass is 16.5. The summed E-state index contributed by atoms with van der Waals surface area (Å²) in [6.45, 7) is 8.65. The van der Waals surface area contributed by atoms with Crippen molar-refractivity contribution in [2.75, 3.05) is 13.2 Å². The smallest absolute Gasteiger partial charge is 0.338 e. The molecule has 3 amide bonds. The number of amides is 3. The number of nitrogens with zero attached hydrogens (tertiary/aromatic N) is 5. The maximum absolute atomic E-state index is 13.6. The summed E-state index contributed by atoms with van der Waals surface area (Å²) in [6.07, 6.45) is 4.93. The summed E-state index contributed by atoms with van der Waals surface area (Å²) in [7, 11) is 0. The first-order valence-corrected chi connectivity index (χ1v) is 14.8. The first-order valence-electron chi connectivity index (χ1n) is 14.8. The third-order valence-electron chi connectivity index (χ3n) is 8.45. The number of nitrogens with one attached hydrogen (secondary N) is 2. The maximum Gasteiger partial charge on any atom is 0.338 e. The fourth-order valence-corrected chi connectivity index (χ4v) is 6.05. The molecule has 0 fully saturated rings. The lowest BCUT2D eigenvalue weighted by Crippen LogP contribution is -2.34. The molecule has 2 N–H and O–H groups in total. The Bertz CT molecular complexity index is 1860. The van der Waals surface area contributed by atoms with Gasteiger partial charge in [-0.1, -0.05) is 36.9 Å². The molecule has 4 aromatic rings. The summed E-state index contributed by atoms with van der Waals surface area (Å²) in [5.41, 5.74) is 6.56. The van der Waals surface area contributed by atoms with E-state index in [4.69, 9.17) is 4.74 Å². The van der Waals surface area contributed by atoms with E-state index in [0.29, 0.717) is 31.5 Å². The normalized spacial score (nSPS) is 15.2. The third kappa shape index (κ3) is 5.91. The highest BCUT2D eigenvalue weighted by Gasteiger charge is 2.29. The lowest BCUT2D eigenvalue weighted by molar-refractivity contribution is -0.129. The number of esters is 1. The van der Waals surface area contributed by atoms with E-state index in [9.17, 15) is 19.2 Å². The van der Waals surface area contributed by atoms with Crippen LogP contribution in [0.1, 0.15) is 84.1 Å². The van der Waals surface area contributed by atoms with Gasteiger partial charge in [-0.3, -0.25) is 14.4 Å². The van der Waals surface area contributed by atoms with Crippen molar-refractivity contribution in [3.05, 3.63) is 106 Å². The summed E-state index contributed by atoms with van der Waals surface area (Å²) < 4.78 is 6.51. The van der Waals surface area contributed by atoms with Gasteiger partial charge in [0.25, 0.3) is 17.6 Å². The van der Waals surface area contributed by atoms with Crippen LogP contribution in [0.2, 0.25) is 0 Å². The zero-order chi connectivity index (χ0) is 31.7. The fraction of sp³-hybridized carbons (Fsp3) is 0.303. The average molecular weight is 608 g/mol. The van der Waals surface area contributed by atoms with Crippen molar-refractivity contribution in [3.8, 4) is 0 Å². The van der Waals surface area contributed by atoms with E-state index >= 15 is 0 Å². The molecule has 0 unspecified atom stereocenters. The van der Waals surface area contributed by atoms with E-state index in [1.165, 1.54) is 28.5 Å². The van der Waals surface area contributed by atoms with Gasteiger partial charge in [-0.2, -0.15) is 14.6 Å². The Morgan fingerprint density at radius 2 is 1.93 bits per heavy atom. The molecule has 0 saturated carbocycles. The van der Waals surface area contributed by atoms with E-state index in [-0.39, 0.29) is 42.3 Å². The fourth-order valence-electron chi connectivity index (χ4n) is 6.05. The average Bonchev–Trinajstić information content (AvgIpc) is 3.69. The lowest BCUT2D eigenvalue weighted by atomic mass is 9.97. The summed E-state index contributed by atoms with van der Waals surface area (Å²) in [6, 6.07) is 10.7. The van der Waals surface area contributed by atoms with Crippen molar-refractivity contribution >= 4 is 29.5 Å². The van der Waals surface area contributed by atoms with Gasteiger partial charge in [-0.05, 0) is 65.6 Å². The minimum absolute atomic E-state index is 0.0340. The van der Waals surface area contributed by atoms with E-state index in [1.807, 2.05) is 31.2 Å². The van der Waals surface area contributed by atoms with E-state index in [0.717, 1.165) is 34.2 Å². The Labute approximate surface area is 259 Å². The Kier molecular flexibility index (Phi) is 8.12. The number of benzene rings is 2. The molecular formula is C33H33N7O5. The number of carbonyl (C=O) groups excluding carboxylic acids is 4. The van der Waals surface area contributed by atoms with Crippen molar-refractivity contribution in [2.45, 2.75) is 52.2 Å². The quantitative estimate of drug-likeness (QED) is 0.230. The molecule has 12 heteroatoms. The van der Waals surface area contributed by atoms with Crippen LogP contribution in [-0.4, -0.2) is 61.3 Å². The molecule has 6 rings (SSSR count). The molecule has 1 aliphatic heterocycles. The van der Waals surface area contributed by atoms with Gasteiger partial charge in [-0.25, -0.2) is 9.78 Å². The maximum atomic E-state index is 13.6. The topological polar surface area (TPSA) is 148 Å². The standard InChI is InChI=1S/C33H33N7O5/c1-4-13-45-32(44)25-7-8-26-24(19(25)2)9-10-27(26)37-31(43)29-15-28(38-33-35-18-36-40(29)33)30(42)34-16-21-5-6-22-11-12-39(20(3)41)17-23(22)14-21/h4-8,14-15,18,27H,1,9-13,16-17H2,2-3H3,(H,34,42)(H,37,43)/t27-/m0/s1. The highest BCUT2D eigenvalue weighted by molar-refractivity contribution is 5.98. The second-order valence-corrected chi connectivity index (χ2v) is 11.2. The van der Waals surface area contributed by atoms with E-state index in [2.05, 4.69) is 32.3 Å². The number of rotatable bonds is 8. The molecule has 0 radical (unpaired) electrons. The molecule has 1 aliphatic carbocycles. The number of ether oxygens (including phenoxy) is 1. The number of aromatic nitrogens is 4. The zero-order valence-corrected chi connectivity index (χ0v) is 25.1. The highest BCUT2D eigenvalue weighted by Crippen LogP contribution is 2.35. The molecule has 0 spiro atoms. The van der Waals surface area contributed by atoms with Gasteiger partial charge in [0.15, 0.2) is 0 Å². The van der Waals surface area contributed by atoms with Crippen molar-refractivity contribution in [3.63, 3.8) is 0 Å². The number of carbonyl (C=O) groups is 4. The summed E-state index contributed by atoms with van der Waals surface area (Å²) in [5.74, 6) is -1.15. The minimum atomic E-state index is -0.463. The molecule has 12 nitrogen and oxygen atoms in total. The van der Waals surface area contributed by atoms with Crippen LogP contribution in [0.15, 0.2) is 55.4 Å². The van der Waals surface area contributed by atoms with Crippen LogP contribution in [0.4, 0.5) is 0 Å². The second kappa shape index (κ2) is 12.3. The van der Waals surface area contributed by atoms with Gasteiger partial charge in [0, 0.05) is 32.6 Å². The van der Waals surface area contributed by atoms with Crippen LogP contribution in [0.25, 0.3) is 5.78 Å². The molecule has 2 aromatic heterocycles. The van der Waals surface area contributed by atoms with Crippen LogP contribution in [-0.2, 0) is 35.5 Å². The van der Waals surface area contributed by atoms with Crippen LogP contribution in [0.5, 0.6) is 0 Å². The van der Waals surface area contributed by atoms with Crippen LogP contribution >= 0.6 is 0 Å². The SMILES string of the molecule is C=CCOC(=O)c1ccc2c(c1C)CC[C@@H]2NC(=O)c1cc(C(=O)NCc2ccc3c(c2)CN(C(C)=O)CC3)nc2ncnn12. The van der Waals surface area contributed by atoms with Gasteiger partial charge >= 0.3 is 5.97 Å². The summed E-state index contributed by atoms with van der Waals surface area (Å²) in [5, 5.41) is 10.1. The van der Waals surface area contributed by atoms with Gasteiger partial charge in [0.1, 0.15) is 24.3 Å². The largest absolute Gasteiger partial charge is 0.458 e. The summed E-state index contributed by atoms with van der Waals surface area (Å²) >= 11 is 0. The van der Waals surface area contributed by atoms with Gasteiger partial charge in [0.2, 0.25) is 5.91 Å². The Balaban J connectivity index is 1.17. The predicted octanol–water partition coefficient (Wildman–Crippen LogP) is 3.03. The van der Waals surface area contributed by atoms with Gasteiger partial charge in [-0.15, -0.1) is 0 Å².